The summed E-state index contributed by atoms with van der Waals surface area (Å²) in [6, 6.07) is 5.89. The van der Waals surface area contributed by atoms with E-state index in [0.717, 1.165) is 11.1 Å². The van der Waals surface area contributed by atoms with Crippen LogP contribution in [0.5, 0.6) is 0 Å². The summed E-state index contributed by atoms with van der Waals surface area (Å²) >= 11 is 0. The molecule has 0 saturated heterocycles. The molecule has 5 N–H and O–H groups in total. The highest BCUT2D eigenvalue weighted by Gasteiger charge is 2.19. The van der Waals surface area contributed by atoms with E-state index in [0.29, 0.717) is 6.54 Å². The van der Waals surface area contributed by atoms with Gasteiger partial charge in [0.15, 0.2) is 0 Å². The summed E-state index contributed by atoms with van der Waals surface area (Å²) in [5.74, 6) is -1.73. The van der Waals surface area contributed by atoms with Crippen LogP contribution in [0.3, 0.4) is 0 Å². The predicted octanol–water partition coefficient (Wildman–Crippen LogP) is -0.751. The smallest absolute Gasteiger partial charge is 0.328 e. The average Bonchev–Trinajstić information content (AvgIpc) is 2.36. The molecule has 0 aliphatic heterocycles. The minimum absolute atomic E-state index is 0.0388. The Kier molecular flexibility index (Phi) is 5.29. The van der Waals surface area contributed by atoms with Gasteiger partial charge in [-0.1, -0.05) is 24.3 Å². The van der Waals surface area contributed by atoms with Gasteiger partial charge in [-0.05, 0) is 11.1 Å². The van der Waals surface area contributed by atoms with Crippen LogP contribution in [0.1, 0.15) is 11.1 Å². The van der Waals surface area contributed by atoms with Gasteiger partial charge >= 0.3 is 5.97 Å². The zero-order valence-corrected chi connectivity index (χ0v) is 9.80. The lowest BCUT2D eigenvalue weighted by Gasteiger charge is -2.12. The standard InChI is InChI=1S/C12H16N2O4/c13-6-9-4-2-1-3-8(9)5-11(16)14-10(7-15)12(17)18/h1-4,10,15H,5-7,13H2,(H,14,16)(H,17,18)/t10-/m0/s1. The Morgan fingerprint density at radius 3 is 2.39 bits per heavy atom. The van der Waals surface area contributed by atoms with Crippen molar-refractivity contribution in [2.24, 2.45) is 5.73 Å². The number of hydrogen-bond donors (Lipinski definition) is 4. The summed E-state index contributed by atoms with van der Waals surface area (Å²) < 4.78 is 0. The fourth-order valence-electron chi connectivity index (χ4n) is 1.53. The molecule has 0 bridgehead atoms. The maximum absolute atomic E-state index is 11.6. The summed E-state index contributed by atoms with van der Waals surface area (Å²) in [5, 5.41) is 19.7. The van der Waals surface area contributed by atoms with Crippen LogP contribution in [0, 0.1) is 0 Å². The second-order valence-corrected chi connectivity index (χ2v) is 3.79. The van der Waals surface area contributed by atoms with Crippen molar-refractivity contribution in [3.05, 3.63) is 35.4 Å². The summed E-state index contributed by atoms with van der Waals surface area (Å²) in [4.78, 5) is 22.3. The molecule has 0 aliphatic carbocycles. The number of carbonyl (C=O) groups is 2. The third-order valence-electron chi connectivity index (χ3n) is 2.51. The second kappa shape index (κ2) is 6.73. The van der Waals surface area contributed by atoms with E-state index < -0.39 is 24.5 Å². The molecule has 0 aliphatic rings. The van der Waals surface area contributed by atoms with Crippen LogP contribution < -0.4 is 11.1 Å². The first-order chi connectivity index (χ1) is 8.58. The van der Waals surface area contributed by atoms with Crippen molar-refractivity contribution >= 4 is 11.9 Å². The van der Waals surface area contributed by atoms with Gasteiger partial charge in [-0.15, -0.1) is 0 Å². The molecule has 0 fully saturated rings. The average molecular weight is 252 g/mol. The monoisotopic (exact) mass is 252 g/mol. The first-order valence-corrected chi connectivity index (χ1v) is 5.48. The van der Waals surface area contributed by atoms with Crippen LogP contribution >= 0.6 is 0 Å². The van der Waals surface area contributed by atoms with Gasteiger partial charge in [0.1, 0.15) is 6.04 Å². The van der Waals surface area contributed by atoms with E-state index in [9.17, 15) is 9.59 Å². The zero-order chi connectivity index (χ0) is 13.5. The number of benzene rings is 1. The number of carbonyl (C=O) groups excluding carboxylic acids is 1. The molecule has 0 saturated carbocycles. The van der Waals surface area contributed by atoms with Crippen molar-refractivity contribution in [3.8, 4) is 0 Å². The molecule has 1 amide bonds. The van der Waals surface area contributed by atoms with E-state index in [2.05, 4.69) is 5.32 Å². The summed E-state index contributed by atoms with van der Waals surface area (Å²) in [7, 11) is 0. The molecular formula is C12H16N2O4. The first kappa shape index (κ1) is 14.1. The van der Waals surface area contributed by atoms with E-state index >= 15 is 0 Å². The number of carboxylic acids is 1. The van der Waals surface area contributed by atoms with Gasteiger partial charge in [0, 0.05) is 6.54 Å². The maximum Gasteiger partial charge on any atom is 0.328 e. The van der Waals surface area contributed by atoms with Crippen molar-refractivity contribution in [1.82, 2.24) is 5.32 Å². The molecule has 1 atom stereocenters. The van der Waals surface area contributed by atoms with E-state index in [1.807, 2.05) is 12.1 Å². The molecule has 6 heteroatoms. The number of nitrogens with two attached hydrogens (primary N) is 1. The third kappa shape index (κ3) is 3.83. The summed E-state index contributed by atoms with van der Waals surface area (Å²) in [6.45, 7) is -0.328. The van der Waals surface area contributed by atoms with Crippen LogP contribution in [0.4, 0.5) is 0 Å². The lowest BCUT2D eigenvalue weighted by atomic mass is 10.0. The fourth-order valence-corrected chi connectivity index (χ4v) is 1.53. The molecule has 0 spiro atoms. The molecule has 98 valence electrons. The van der Waals surface area contributed by atoms with Crippen molar-refractivity contribution in [1.29, 1.82) is 0 Å². The number of hydrogen-bond acceptors (Lipinski definition) is 4. The normalized spacial score (nSPS) is 11.9. The second-order valence-electron chi connectivity index (χ2n) is 3.79. The number of amides is 1. The minimum Gasteiger partial charge on any atom is -0.480 e. The van der Waals surface area contributed by atoms with Crippen molar-refractivity contribution in [2.45, 2.75) is 19.0 Å². The number of carboxylic acid groups (broad SMARTS) is 1. The molecule has 0 aromatic heterocycles. The highest BCUT2D eigenvalue weighted by molar-refractivity contribution is 5.85. The Labute approximate surface area is 104 Å². The van der Waals surface area contributed by atoms with Crippen LogP contribution in [0.25, 0.3) is 0 Å². The molecule has 1 rings (SSSR count). The largest absolute Gasteiger partial charge is 0.480 e. The first-order valence-electron chi connectivity index (χ1n) is 5.48. The van der Waals surface area contributed by atoms with Gasteiger partial charge in [-0.2, -0.15) is 0 Å². The van der Waals surface area contributed by atoms with Gasteiger partial charge in [-0.3, -0.25) is 4.79 Å². The highest BCUT2D eigenvalue weighted by Crippen LogP contribution is 2.08. The van der Waals surface area contributed by atoms with Crippen molar-refractivity contribution in [2.75, 3.05) is 6.61 Å². The molecule has 18 heavy (non-hydrogen) atoms. The third-order valence-corrected chi connectivity index (χ3v) is 2.51. The lowest BCUT2D eigenvalue weighted by Crippen LogP contribution is -2.44. The Morgan fingerprint density at radius 1 is 1.28 bits per heavy atom. The number of aliphatic carboxylic acids is 1. The van der Waals surface area contributed by atoms with Gasteiger partial charge < -0.3 is 21.3 Å². The molecule has 0 radical (unpaired) electrons. The van der Waals surface area contributed by atoms with Gasteiger partial charge in [0.25, 0.3) is 0 Å². The highest BCUT2D eigenvalue weighted by atomic mass is 16.4. The maximum atomic E-state index is 11.6. The Morgan fingerprint density at radius 2 is 1.89 bits per heavy atom. The summed E-state index contributed by atoms with van der Waals surface area (Å²) in [6.07, 6.45) is 0.0388. The predicted molar refractivity (Wildman–Crippen MR) is 64.7 cm³/mol. The molecule has 1 aromatic rings. The van der Waals surface area contributed by atoms with Crippen molar-refractivity contribution < 1.29 is 19.8 Å². The van der Waals surface area contributed by atoms with Gasteiger partial charge in [-0.25, -0.2) is 4.79 Å². The number of rotatable bonds is 6. The topological polar surface area (TPSA) is 113 Å². The molecular weight excluding hydrogens is 236 g/mol. The summed E-state index contributed by atoms with van der Waals surface area (Å²) in [5.41, 5.74) is 7.12. The molecule has 6 nitrogen and oxygen atoms in total. The SMILES string of the molecule is NCc1ccccc1CC(=O)N[C@@H](CO)C(=O)O. The van der Waals surface area contributed by atoms with Gasteiger partial charge in [0.05, 0.1) is 13.0 Å². The Balaban J connectivity index is 2.67. The molecule has 1 aromatic carbocycles. The van der Waals surface area contributed by atoms with Crippen LogP contribution in [0.15, 0.2) is 24.3 Å². The molecule has 0 heterocycles. The quantitative estimate of drug-likeness (QED) is 0.532. The van der Waals surface area contributed by atoms with E-state index in [4.69, 9.17) is 15.9 Å². The van der Waals surface area contributed by atoms with Crippen LogP contribution in [0.2, 0.25) is 0 Å². The number of aliphatic hydroxyl groups excluding tert-OH is 1. The zero-order valence-electron chi connectivity index (χ0n) is 9.80. The minimum atomic E-state index is -1.28. The Hall–Kier alpha value is -1.92. The number of aliphatic hydroxyl groups is 1. The van der Waals surface area contributed by atoms with E-state index in [1.54, 1.807) is 12.1 Å². The van der Waals surface area contributed by atoms with E-state index in [-0.39, 0.29) is 6.42 Å². The Bertz CT molecular complexity index is 434. The van der Waals surface area contributed by atoms with Crippen molar-refractivity contribution in [3.63, 3.8) is 0 Å². The van der Waals surface area contributed by atoms with Crippen LogP contribution in [-0.2, 0) is 22.6 Å². The van der Waals surface area contributed by atoms with Crippen LogP contribution in [-0.4, -0.2) is 34.7 Å². The fraction of sp³-hybridized carbons (Fsp3) is 0.333. The molecule has 0 unspecified atom stereocenters. The van der Waals surface area contributed by atoms with Gasteiger partial charge in [0.2, 0.25) is 5.91 Å². The van der Waals surface area contributed by atoms with E-state index in [1.165, 1.54) is 0 Å². The lowest BCUT2D eigenvalue weighted by molar-refractivity contribution is -0.142. The number of nitrogens with one attached hydrogen (secondary N) is 1.